The van der Waals surface area contributed by atoms with Gasteiger partial charge in [0.05, 0.1) is 23.4 Å². The Balaban J connectivity index is 1.22. The van der Waals surface area contributed by atoms with Crippen molar-refractivity contribution in [2.24, 2.45) is 5.73 Å². The van der Waals surface area contributed by atoms with E-state index in [0.717, 1.165) is 33.8 Å². The summed E-state index contributed by atoms with van der Waals surface area (Å²) < 4.78 is 0. The van der Waals surface area contributed by atoms with Crippen LogP contribution in [0, 0.1) is 11.3 Å². The van der Waals surface area contributed by atoms with Crippen molar-refractivity contribution >= 4 is 17.1 Å². The maximum absolute atomic E-state index is 9.39. The van der Waals surface area contributed by atoms with Crippen molar-refractivity contribution in [3.05, 3.63) is 185 Å². The van der Waals surface area contributed by atoms with Gasteiger partial charge in [-0.3, -0.25) is 0 Å². The minimum absolute atomic E-state index is 0.168. The van der Waals surface area contributed by atoms with E-state index in [9.17, 15) is 5.26 Å². The Kier molecular flexibility index (Phi) is 8.38. The second-order valence-corrected chi connectivity index (χ2v) is 12.8. The molecule has 4 N–H and O–H groups in total. The molecular formula is C44H38N4. The van der Waals surface area contributed by atoms with Crippen LogP contribution in [0.2, 0.25) is 0 Å². The number of hydrogen-bond acceptors (Lipinski definition) is 4. The van der Waals surface area contributed by atoms with Crippen LogP contribution >= 0.6 is 0 Å². The van der Waals surface area contributed by atoms with E-state index in [-0.39, 0.29) is 11.5 Å². The largest absolute Gasteiger partial charge is 0.381 e. The van der Waals surface area contributed by atoms with Crippen molar-refractivity contribution in [3.8, 4) is 28.3 Å². The lowest BCUT2D eigenvalue weighted by Gasteiger charge is -2.27. The lowest BCUT2D eigenvalue weighted by Crippen LogP contribution is -2.17. The molecule has 4 nitrogen and oxygen atoms in total. The second-order valence-electron chi connectivity index (χ2n) is 12.8. The highest BCUT2D eigenvalue weighted by molar-refractivity contribution is 5.94. The van der Waals surface area contributed by atoms with Gasteiger partial charge in [-0.1, -0.05) is 135 Å². The molecule has 234 valence electrons. The third-order valence-corrected chi connectivity index (χ3v) is 9.32. The first-order valence-electron chi connectivity index (χ1n) is 16.4. The summed E-state index contributed by atoms with van der Waals surface area (Å²) in [6.45, 7) is 5.27. The Morgan fingerprint density at radius 3 is 2.25 bits per heavy atom. The summed E-state index contributed by atoms with van der Waals surface area (Å²) in [6, 6.07) is 52.1. The summed E-state index contributed by atoms with van der Waals surface area (Å²) in [6.07, 6.45) is 2.03. The average molecular weight is 623 g/mol. The number of rotatable bonds is 9. The quantitative estimate of drug-likeness (QED) is 0.150. The molecular weight excluding hydrogens is 585 g/mol. The monoisotopic (exact) mass is 622 g/mol. The summed E-state index contributed by atoms with van der Waals surface area (Å²) in [4.78, 5) is 0. The van der Waals surface area contributed by atoms with Gasteiger partial charge in [0.25, 0.3) is 0 Å². The van der Waals surface area contributed by atoms with Gasteiger partial charge in [-0.15, -0.1) is 0 Å². The highest BCUT2D eigenvalue weighted by atomic mass is 14.9. The van der Waals surface area contributed by atoms with Gasteiger partial charge in [-0.05, 0) is 74.8 Å². The van der Waals surface area contributed by atoms with Crippen LogP contribution in [-0.4, -0.2) is 0 Å². The molecule has 6 aromatic carbocycles. The third-order valence-electron chi connectivity index (χ3n) is 9.32. The molecule has 1 atom stereocenters. The van der Waals surface area contributed by atoms with E-state index in [4.69, 9.17) is 5.73 Å². The first kappa shape index (κ1) is 30.7. The van der Waals surface area contributed by atoms with E-state index >= 15 is 0 Å². The van der Waals surface area contributed by atoms with Crippen molar-refractivity contribution in [2.75, 3.05) is 5.32 Å². The molecule has 0 saturated carbocycles. The predicted octanol–water partition coefficient (Wildman–Crippen LogP) is 10.1. The normalized spacial score (nSPS) is 13.6. The minimum atomic E-state index is -0.377. The molecule has 0 spiro atoms. The van der Waals surface area contributed by atoms with Crippen LogP contribution < -0.4 is 16.4 Å². The van der Waals surface area contributed by atoms with Gasteiger partial charge in [0.1, 0.15) is 0 Å². The summed E-state index contributed by atoms with van der Waals surface area (Å²) in [5.41, 5.74) is 20.9. The van der Waals surface area contributed by atoms with Gasteiger partial charge in [-0.25, -0.2) is 0 Å². The number of nitrogens with zero attached hydrogens (tertiary/aromatic N) is 1. The molecule has 4 heteroatoms. The van der Waals surface area contributed by atoms with Gasteiger partial charge in [-0.2, -0.15) is 5.26 Å². The van der Waals surface area contributed by atoms with Crippen LogP contribution in [-0.2, 0) is 12.0 Å². The number of nitrogens with one attached hydrogen (secondary N) is 2. The van der Waals surface area contributed by atoms with Crippen molar-refractivity contribution in [3.63, 3.8) is 0 Å². The summed E-state index contributed by atoms with van der Waals surface area (Å²) >= 11 is 0. The number of fused-ring (bicyclic) bond motifs is 3. The van der Waals surface area contributed by atoms with E-state index in [0.29, 0.717) is 12.1 Å². The molecule has 48 heavy (non-hydrogen) atoms. The fourth-order valence-electron chi connectivity index (χ4n) is 6.93. The molecule has 6 aromatic rings. The molecule has 1 aliphatic rings. The van der Waals surface area contributed by atoms with E-state index in [1.807, 2.05) is 42.5 Å². The summed E-state index contributed by atoms with van der Waals surface area (Å²) in [5, 5.41) is 17.0. The van der Waals surface area contributed by atoms with Crippen LogP contribution in [0.4, 0.5) is 11.4 Å². The lowest BCUT2D eigenvalue weighted by molar-refractivity contribution is 0.662. The van der Waals surface area contributed by atoms with E-state index < -0.39 is 0 Å². The molecule has 0 saturated heterocycles. The van der Waals surface area contributed by atoms with Crippen molar-refractivity contribution in [1.29, 1.82) is 5.26 Å². The summed E-state index contributed by atoms with van der Waals surface area (Å²) in [7, 11) is 0. The molecule has 7 rings (SSSR count). The zero-order chi connectivity index (χ0) is 33.1. The minimum Gasteiger partial charge on any atom is -0.381 e. The smallest absolute Gasteiger partial charge is 0.0991 e. The molecule has 0 radical (unpaired) electrons. The zero-order valence-electron chi connectivity index (χ0n) is 27.2. The topological polar surface area (TPSA) is 73.9 Å². The van der Waals surface area contributed by atoms with Gasteiger partial charge in [0.15, 0.2) is 0 Å². The van der Waals surface area contributed by atoms with Crippen molar-refractivity contribution in [2.45, 2.75) is 31.8 Å². The van der Waals surface area contributed by atoms with Gasteiger partial charge >= 0.3 is 0 Å². The van der Waals surface area contributed by atoms with Gasteiger partial charge in [0.2, 0.25) is 0 Å². The van der Waals surface area contributed by atoms with Crippen LogP contribution in [0.3, 0.4) is 0 Å². The molecule has 1 unspecified atom stereocenters. The fraction of sp³-hybridized carbons (Fsp3) is 0.114. The average Bonchev–Trinajstić information content (AvgIpc) is 3.37. The Morgan fingerprint density at radius 1 is 0.750 bits per heavy atom. The van der Waals surface area contributed by atoms with Gasteiger partial charge < -0.3 is 16.4 Å². The highest BCUT2D eigenvalue weighted by Gasteiger charge is 2.38. The number of benzene rings is 6. The van der Waals surface area contributed by atoms with Crippen LogP contribution in [0.25, 0.3) is 28.0 Å². The van der Waals surface area contributed by atoms with Crippen LogP contribution in [0.15, 0.2) is 152 Å². The Morgan fingerprint density at radius 2 is 1.46 bits per heavy atom. The number of hydrogen-bond donors (Lipinski definition) is 3. The lowest BCUT2D eigenvalue weighted by atomic mass is 9.80. The van der Waals surface area contributed by atoms with Crippen LogP contribution in [0.1, 0.15) is 53.3 Å². The molecule has 1 aliphatic carbocycles. The zero-order valence-corrected chi connectivity index (χ0v) is 27.2. The van der Waals surface area contributed by atoms with Crippen molar-refractivity contribution in [1.82, 2.24) is 5.32 Å². The molecule has 0 bridgehead atoms. The Hall–Kier alpha value is -5.89. The molecule has 0 aromatic heterocycles. The van der Waals surface area contributed by atoms with E-state index in [1.165, 1.54) is 33.4 Å². The van der Waals surface area contributed by atoms with Crippen LogP contribution in [0.5, 0.6) is 0 Å². The number of nitrogens with two attached hydrogens (primary N) is 1. The SMILES string of the molecule is CC1(C)c2ccccc2-c2ccc(-c3ccccc3)c(Nc3cccc(CN/C(=C\C(N)c4cccc(C#N)c4)c4ccccc4)c3)c21. The first-order chi connectivity index (χ1) is 23.4. The Labute approximate surface area is 283 Å². The van der Waals surface area contributed by atoms with E-state index in [2.05, 4.69) is 134 Å². The maximum atomic E-state index is 9.39. The van der Waals surface area contributed by atoms with E-state index in [1.54, 1.807) is 6.07 Å². The van der Waals surface area contributed by atoms with Gasteiger partial charge in [0, 0.05) is 28.9 Å². The summed E-state index contributed by atoms with van der Waals surface area (Å²) in [5.74, 6) is 0. The Bertz CT molecular complexity index is 2160. The third kappa shape index (κ3) is 6.00. The maximum Gasteiger partial charge on any atom is 0.0991 e. The van der Waals surface area contributed by atoms with Crippen molar-refractivity contribution < 1.29 is 0 Å². The first-order valence-corrected chi connectivity index (χ1v) is 16.4. The predicted molar refractivity (Wildman–Crippen MR) is 199 cm³/mol. The molecule has 0 amide bonds. The highest BCUT2D eigenvalue weighted by Crippen LogP contribution is 2.54. The number of anilines is 2. The number of nitriles is 1. The standard InChI is InChI=1S/C44H38N4/c1-44(2)39-22-10-9-21-37(39)38-24-23-36(32-15-5-3-6-16-32)43(42(38)44)48-35-20-12-14-31(26-35)29-47-41(33-17-7-4-8-18-33)27-40(46)34-19-11-13-30(25-34)28-45/h3-27,40,47-48H,29,46H2,1-2H3/b41-27-. The molecule has 0 heterocycles. The second kappa shape index (κ2) is 13.1. The fourth-order valence-corrected chi connectivity index (χ4v) is 6.93. The molecule has 0 fully saturated rings. The molecule has 0 aliphatic heterocycles.